The van der Waals surface area contributed by atoms with Crippen molar-refractivity contribution in [2.45, 2.75) is 57.8 Å². The topological polar surface area (TPSA) is 29.5 Å². The van der Waals surface area contributed by atoms with Gasteiger partial charge in [0.25, 0.3) is 0 Å². The van der Waals surface area contributed by atoms with E-state index in [0.717, 1.165) is 37.5 Å². The fourth-order valence-electron chi connectivity index (χ4n) is 3.10. The van der Waals surface area contributed by atoms with E-state index < -0.39 is 11.6 Å². The number of unbranched alkanes of at least 4 members (excludes halogenated alkanes) is 8. The Morgan fingerprint density at radius 3 is 1.93 bits per heavy atom. The molecule has 27 heavy (non-hydrogen) atoms. The van der Waals surface area contributed by atoms with E-state index in [1.54, 1.807) is 30.3 Å². The van der Waals surface area contributed by atoms with E-state index in [1.165, 1.54) is 38.2 Å². The van der Waals surface area contributed by atoms with Crippen molar-refractivity contribution in [3.05, 3.63) is 54.1 Å². The molecule has 0 aliphatic carbocycles. The molecule has 0 saturated carbocycles. The summed E-state index contributed by atoms with van der Waals surface area (Å²) in [6.07, 6.45) is 10.5. The smallest absolute Gasteiger partial charge is 0.166 e. The van der Waals surface area contributed by atoms with Crippen LogP contribution in [-0.4, -0.2) is 18.3 Å². The predicted molar refractivity (Wildman–Crippen MR) is 106 cm³/mol. The lowest BCUT2D eigenvalue weighted by molar-refractivity contribution is 0.282. The van der Waals surface area contributed by atoms with Gasteiger partial charge in [0.15, 0.2) is 11.6 Å². The van der Waals surface area contributed by atoms with Crippen LogP contribution in [0.15, 0.2) is 42.5 Å². The lowest BCUT2D eigenvalue weighted by Crippen LogP contribution is -1.97. The van der Waals surface area contributed by atoms with Crippen molar-refractivity contribution in [3.63, 3.8) is 0 Å². The molecule has 0 fully saturated rings. The first kappa shape index (κ1) is 21.4. The van der Waals surface area contributed by atoms with Gasteiger partial charge in [0.05, 0.1) is 6.61 Å². The zero-order valence-electron chi connectivity index (χ0n) is 15.9. The molecular formula is C23H30F2O2. The zero-order chi connectivity index (χ0) is 19.3. The number of benzene rings is 2. The van der Waals surface area contributed by atoms with Gasteiger partial charge >= 0.3 is 0 Å². The quantitative estimate of drug-likeness (QED) is 0.404. The molecule has 0 aliphatic rings. The summed E-state index contributed by atoms with van der Waals surface area (Å²) >= 11 is 0. The Balaban J connectivity index is 1.60. The molecule has 2 nitrogen and oxygen atoms in total. The monoisotopic (exact) mass is 376 g/mol. The van der Waals surface area contributed by atoms with E-state index in [2.05, 4.69) is 0 Å². The van der Waals surface area contributed by atoms with E-state index in [0.29, 0.717) is 18.8 Å². The second kappa shape index (κ2) is 12.4. The summed E-state index contributed by atoms with van der Waals surface area (Å²) in [7, 11) is 0. The molecule has 148 valence electrons. The summed E-state index contributed by atoms with van der Waals surface area (Å²) < 4.78 is 32.9. The minimum absolute atomic E-state index is 0.262. The lowest BCUT2D eigenvalue weighted by atomic mass is 10.0. The molecule has 0 bridgehead atoms. The molecular weight excluding hydrogens is 346 g/mol. The maximum absolute atomic E-state index is 13.8. The SMILES string of the molecule is OCCCCCCCCCCCOc1ccc(-c2cccc(F)c2F)cc1. The van der Waals surface area contributed by atoms with Gasteiger partial charge < -0.3 is 9.84 Å². The van der Waals surface area contributed by atoms with Gasteiger partial charge in [0.1, 0.15) is 5.75 Å². The highest BCUT2D eigenvalue weighted by molar-refractivity contribution is 5.64. The molecule has 4 heteroatoms. The first-order chi connectivity index (χ1) is 13.2. The van der Waals surface area contributed by atoms with E-state index >= 15 is 0 Å². The minimum atomic E-state index is -0.835. The first-order valence-electron chi connectivity index (χ1n) is 10.0. The van der Waals surface area contributed by atoms with Crippen LogP contribution in [-0.2, 0) is 0 Å². The Labute approximate surface area is 161 Å². The third kappa shape index (κ3) is 7.67. The lowest BCUT2D eigenvalue weighted by Gasteiger charge is -2.08. The maximum atomic E-state index is 13.8. The van der Waals surface area contributed by atoms with Crippen molar-refractivity contribution in [3.8, 4) is 16.9 Å². The molecule has 0 radical (unpaired) electrons. The molecule has 0 amide bonds. The average molecular weight is 376 g/mol. The van der Waals surface area contributed by atoms with Crippen molar-refractivity contribution in [1.29, 1.82) is 0 Å². The fourth-order valence-corrected chi connectivity index (χ4v) is 3.10. The highest BCUT2D eigenvalue weighted by Crippen LogP contribution is 2.26. The number of aliphatic hydroxyl groups excluding tert-OH is 1. The molecule has 1 N–H and O–H groups in total. The maximum Gasteiger partial charge on any atom is 0.166 e. The van der Waals surface area contributed by atoms with Crippen LogP contribution in [0.5, 0.6) is 5.75 Å². The van der Waals surface area contributed by atoms with Gasteiger partial charge in [-0.2, -0.15) is 0 Å². The summed E-state index contributed by atoms with van der Waals surface area (Å²) in [6, 6.07) is 11.3. The summed E-state index contributed by atoms with van der Waals surface area (Å²) in [5.74, 6) is -0.906. The second-order valence-electron chi connectivity index (χ2n) is 6.88. The van der Waals surface area contributed by atoms with Crippen molar-refractivity contribution in [2.24, 2.45) is 0 Å². The van der Waals surface area contributed by atoms with Gasteiger partial charge in [-0.15, -0.1) is 0 Å². The molecule has 0 heterocycles. The Hall–Kier alpha value is -1.94. The third-order valence-corrected chi connectivity index (χ3v) is 4.69. The molecule has 0 aliphatic heterocycles. The van der Waals surface area contributed by atoms with Crippen LogP contribution in [0.3, 0.4) is 0 Å². The highest BCUT2D eigenvalue weighted by Gasteiger charge is 2.09. The summed E-state index contributed by atoms with van der Waals surface area (Å²) in [5, 5.41) is 8.72. The van der Waals surface area contributed by atoms with Crippen LogP contribution < -0.4 is 4.74 Å². The van der Waals surface area contributed by atoms with Crippen molar-refractivity contribution in [2.75, 3.05) is 13.2 Å². The van der Waals surface area contributed by atoms with Gasteiger partial charge in [0, 0.05) is 12.2 Å². The van der Waals surface area contributed by atoms with Gasteiger partial charge in [-0.3, -0.25) is 0 Å². The zero-order valence-corrected chi connectivity index (χ0v) is 15.9. The van der Waals surface area contributed by atoms with Gasteiger partial charge in [-0.25, -0.2) is 8.78 Å². The predicted octanol–water partition coefficient (Wildman–Crippen LogP) is 6.51. The number of hydrogen-bond donors (Lipinski definition) is 1. The largest absolute Gasteiger partial charge is 0.494 e. The molecule has 0 spiro atoms. The number of aliphatic hydroxyl groups is 1. The van der Waals surface area contributed by atoms with Gasteiger partial charge in [0.2, 0.25) is 0 Å². The van der Waals surface area contributed by atoms with Gasteiger partial charge in [-0.05, 0) is 36.6 Å². The van der Waals surface area contributed by atoms with Crippen LogP contribution in [0, 0.1) is 11.6 Å². The van der Waals surface area contributed by atoms with E-state index in [-0.39, 0.29) is 5.56 Å². The normalized spacial score (nSPS) is 10.9. The molecule has 2 aromatic rings. The molecule has 2 rings (SSSR count). The van der Waals surface area contributed by atoms with E-state index in [9.17, 15) is 8.78 Å². The average Bonchev–Trinajstić information content (AvgIpc) is 2.69. The second-order valence-corrected chi connectivity index (χ2v) is 6.88. The molecule has 0 atom stereocenters. The summed E-state index contributed by atoms with van der Waals surface area (Å²) in [4.78, 5) is 0. The first-order valence-corrected chi connectivity index (χ1v) is 10.0. The fraction of sp³-hybridized carbons (Fsp3) is 0.478. The van der Waals surface area contributed by atoms with E-state index in [1.807, 2.05) is 0 Å². The van der Waals surface area contributed by atoms with Crippen molar-refractivity contribution >= 4 is 0 Å². The Morgan fingerprint density at radius 1 is 0.704 bits per heavy atom. The Kier molecular flexibility index (Phi) is 9.85. The van der Waals surface area contributed by atoms with Crippen LogP contribution in [0.4, 0.5) is 8.78 Å². The van der Waals surface area contributed by atoms with E-state index in [4.69, 9.17) is 9.84 Å². The number of ether oxygens (including phenoxy) is 1. The van der Waals surface area contributed by atoms with Gasteiger partial charge in [-0.1, -0.05) is 69.2 Å². The van der Waals surface area contributed by atoms with Crippen LogP contribution in [0.25, 0.3) is 11.1 Å². The summed E-state index contributed by atoms with van der Waals surface area (Å²) in [5.41, 5.74) is 0.899. The number of halogens is 2. The third-order valence-electron chi connectivity index (χ3n) is 4.69. The van der Waals surface area contributed by atoms with Crippen molar-refractivity contribution < 1.29 is 18.6 Å². The molecule has 2 aromatic carbocycles. The number of rotatable bonds is 13. The molecule has 0 aromatic heterocycles. The highest BCUT2D eigenvalue weighted by atomic mass is 19.2. The van der Waals surface area contributed by atoms with Crippen LogP contribution >= 0.6 is 0 Å². The molecule has 0 unspecified atom stereocenters. The van der Waals surface area contributed by atoms with Crippen LogP contribution in [0.2, 0.25) is 0 Å². The summed E-state index contributed by atoms with van der Waals surface area (Å²) in [6.45, 7) is 0.981. The minimum Gasteiger partial charge on any atom is -0.494 e. The number of hydrogen-bond acceptors (Lipinski definition) is 2. The molecule has 0 saturated heterocycles. The Morgan fingerprint density at radius 2 is 1.30 bits per heavy atom. The van der Waals surface area contributed by atoms with Crippen molar-refractivity contribution in [1.82, 2.24) is 0 Å². The standard InChI is InChI=1S/C23H30F2O2/c24-22-12-10-11-21(23(22)25)19-13-15-20(16-14-19)27-18-9-7-5-3-1-2-4-6-8-17-26/h10-16,26H,1-9,17-18H2. The van der Waals surface area contributed by atoms with Crippen LogP contribution in [0.1, 0.15) is 57.8 Å². The Bertz CT molecular complexity index is 656.